The van der Waals surface area contributed by atoms with Gasteiger partial charge in [-0.3, -0.25) is 0 Å². The summed E-state index contributed by atoms with van der Waals surface area (Å²) < 4.78 is 43.2. The third-order valence-corrected chi connectivity index (χ3v) is 6.26. The molecular formula is C23H21N3O6S. The van der Waals surface area contributed by atoms with E-state index in [-0.39, 0.29) is 29.5 Å². The van der Waals surface area contributed by atoms with Crippen molar-refractivity contribution in [3.63, 3.8) is 0 Å². The average molecular weight is 468 g/mol. The average Bonchev–Trinajstić information content (AvgIpc) is 3.49. The molecule has 2 aromatic heterocycles. The molecule has 0 amide bonds. The molecule has 4 rings (SSSR count). The van der Waals surface area contributed by atoms with Crippen LogP contribution >= 0.6 is 0 Å². The molecule has 0 aliphatic carbocycles. The van der Waals surface area contributed by atoms with E-state index in [0.29, 0.717) is 17.1 Å². The fraction of sp³-hybridized carbons (Fsp3) is 0.174. The van der Waals surface area contributed by atoms with E-state index in [1.54, 1.807) is 25.1 Å². The first kappa shape index (κ1) is 22.4. The van der Waals surface area contributed by atoms with Crippen LogP contribution in [0.1, 0.15) is 33.1 Å². The summed E-state index contributed by atoms with van der Waals surface area (Å²) >= 11 is 0. The number of carbonyl (C=O) groups excluding carboxylic acids is 1. The summed E-state index contributed by atoms with van der Waals surface area (Å²) in [4.78, 5) is 16.8. The van der Waals surface area contributed by atoms with Gasteiger partial charge in [0.25, 0.3) is 5.89 Å². The second-order valence-corrected chi connectivity index (χ2v) is 9.10. The summed E-state index contributed by atoms with van der Waals surface area (Å²) in [5.74, 6) is 0.272. The van der Waals surface area contributed by atoms with Gasteiger partial charge in [0, 0.05) is 5.56 Å². The van der Waals surface area contributed by atoms with E-state index in [9.17, 15) is 13.2 Å². The van der Waals surface area contributed by atoms with Gasteiger partial charge >= 0.3 is 5.97 Å². The number of furan rings is 1. The molecule has 4 aromatic rings. The molecule has 170 valence electrons. The summed E-state index contributed by atoms with van der Waals surface area (Å²) in [7, 11) is -3.87. The van der Waals surface area contributed by atoms with Crippen molar-refractivity contribution in [2.24, 2.45) is 0 Å². The van der Waals surface area contributed by atoms with Crippen LogP contribution in [0.3, 0.4) is 0 Å². The molecule has 0 radical (unpaired) electrons. The summed E-state index contributed by atoms with van der Waals surface area (Å²) in [6, 6.07) is 15.1. The number of aryl methyl sites for hydroxylation is 2. The Labute approximate surface area is 190 Å². The number of aromatic nitrogens is 2. The lowest BCUT2D eigenvalue weighted by molar-refractivity contribution is 0.0428. The normalized spacial score (nSPS) is 11.5. The van der Waals surface area contributed by atoms with Crippen LogP contribution in [-0.4, -0.2) is 24.5 Å². The molecule has 33 heavy (non-hydrogen) atoms. The minimum Gasteiger partial charge on any atom is -0.468 e. The molecule has 0 spiro atoms. The highest BCUT2D eigenvalue weighted by atomic mass is 32.2. The van der Waals surface area contributed by atoms with Gasteiger partial charge in [0.15, 0.2) is 6.61 Å². The van der Waals surface area contributed by atoms with Crippen LogP contribution < -0.4 is 4.72 Å². The zero-order chi connectivity index (χ0) is 23.4. The lowest BCUT2D eigenvalue weighted by Gasteiger charge is -2.10. The Hall–Kier alpha value is -3.76. The molecule has 0 atom stereocenters. The number of nitrogens with one attached hydrogen (secondary N) is 1. The Kier molecular flexibility index (Phi) is 6.38. The number of sulfonamides is 1. The Balaban J connectivity index is 1.43. The summed E-state index contributed by atoms with van der Waals surface area (Å²) in [5, 5.41) is 3.90. The molecule has 0 saturated heterocycles. The largest absolute Gasteiger partial charge is 0.468 e. The van der Waals surface area contributed by atoms with E-state index in [0.717, 1.165) is 11.1 Å². The third-order valence-electron chi connectivity index (χ3n) is 4.86. The molecule has 10 heteroatoms. The van der Waals surface area contributed by atoms with Crippen molar-refractivity contribution < 1.29 is 26.9 Å². The Bertz CT molecular complexity index is 1360. The number of carbonyl (C=O) groups is 1. The van der Waals surface area contributed by atoms with Gasteiger partial charge in [-0.05, 0) is 43.7 Å². The van der Waals surface area contributed by atoms with Crippen LogP contribution in [0.5, 0.6) is 0 Å². The number of benzene rings is 2. The number of hydrogen-bond acceptors (Lipinski definition) is 8. The Morgan fingerprint density at radius 3 is 2.61 bits per heavy atom. The van der Waals surface area contributed by atoms with Gasteiger partial charge in [-0.15, -0.1) is 0 Å². The van der Waals surface area contributed by atoms with Gasteiger partial charge in [-0.25, -0.2) is 17.9 Å². The molecular weight excluding hydrogens is 446 g/mol. The second kappa shape index (κ2) is 9.39. The zero-order valence-corrected chi connectivity index (χ0v) is 18.8. The van der Waals surface area contributed by atoms with E-state index in [1.807, 2.05) is 31.2 Å². The van der Waals surface area contributed by atoms with E-state index in [1.165, 1.54) is 18.4 Å². The predicted molar refractivity (Wildman–Crippen MR) is 118 cm³/mol. The molecule has 0 bridgehead atoms. The SMILES string of the molecule is Cc1ccc(-c2noc(COC(=O)c3cc(S(=O)(=O)NCc4ccco4)ccc3C)n2)cc1. The molecule has 0 aliphatic heterocycles. The first-order valence-corrected chi connectivity index (χ1v) is 11.5. The van der Waals surface area contributed by atoms with Crippen molar-refractivity contribution in [3.05, 3.63) is 89.2 Å². The molecule has 0 saturated carbocycles. The first-order chi connectivity index (χ1) is 15.8. The maximum atomic E-state index is 12.6. The molecule has 9 nitrogen and oxygen atoms in total. The second-order valence-electron chi connectivity index (χ2n) is 7.33. The van der Waals surface area contributed by atoms with Gasteiger partial charge in [0.2, 0.25) is 15.8 Å². The van der Waals surface area contributed by atoms with Crippen LogP contribution in [0, 0.1) is 13.8 Å². The van der Waals surface area contributed by atoms with Gasteiger partial charge in [-0.1, -0.05) is 41.1 Å². The smallest absolute Gasteiger partial charge is 0.338 e. The van der Waals surface area contributed by atoms with E-state index >= 15 is 0 Å². The maximum absolute atomic E-state index is 12.6. The molecule has 2 heterocycles. The van der Waals surface area contributed by atoms with Crippen molar-refractivity contribution in [1.82, 2.24) is 14.9 Å². The molecule has 0 fully saturated rings. The van der Waals surface area contributed by atoms with Crippen molar-refractivity contribution in [2.45, 2.75) is 31.9 Å². The van der Waals surface area contributed by atoms with E-state index < -0.39 is 16.0 Å². The van der Waals surface area contributed by atoms with Crippen LogP contribution in [0.2, 0.25) is 0 Å². The summed E-state index contributed by atoms with van der Waals surface area (Å²) in [6.45, 7) is 3.40. The molecule has 1 N–H and O–H groups in total. The third kappa shape index (κ3) is 5.36. The molecule has 0 unspecified atom stereocenters. The number of hydrogen-bond donors (Lipinski definition) is 1. The fourth-order valence-electron chi connectivity index (χ4n) is 2.99. The molecule has 2 aromatic carbocycles. The van der Waals surface area contributed by atoms with Crippen LogP contribution in [0.25, 0.3) is 11.4 Å². The minimum absolute atomic E-state index is 0.0104. The Morgan fingerprint density at radius 2 is 1.88 bits per heavy atom. The highest BCUT2D eigenvalue weighted by Crippen LogP contribution is 2.19. The fourth-order valence-corrected chi connectivity index (χ4v) is 4.01. The number of nitrogens with zero attached hydrogens (tertiary/aromatic N) is 2. The maximum Gasteiger partial charge on any atom is 0.338 e. The first-order valence-electron chi connectivity index (χ1n) is 10.0. The standard InChI is InChI=1S/C23H21N3O6S/c1-15-5-8-17(9-6-15)22-25-21(32-26-22)14-31-23(27)20-12-19(10-7-16(20)2)33(28,29)24-13-18-4-3-11-30-18/h3-12,24H,13-14H2,1-2H3. The highest BCUT2D eigenvalue weighted by molar-refractivity contribution is 7.89. The van der Waals surface area contributed by atoms with Crippen molar-refractivity contribution in [1.29, 1.82) is 0 Å². The highest BCUT2D eigenvalue weighted by Gasteiger charge is 2.20. The van der Waals surface area contributed by atoms with E-state index in [2.05, 4.69) is 14.9 Å². The summed E-state index contributed by atoms with van der Waals surface area (Å²) in [5.41, 5.74) is 2.56. The van der Waals surface area contributed by atoms with Gasteiger partial charge in [0.1, 0.15) is 5.76 Å². The minimum atomic E-state index is -3.87. The number of rotatable bonds is 8. The van der Waals surface area contributed by atoms with Gasteiger partial charge in [0.05, 0.1) is 23.3 Å². The van der Waals surface area contributed by atoms with Crippen molar-refractivity contribution >= 4 is 16.0 Å². The van der Waals surface area contributed by atoms with Crippen LogP contribution in [-0.2, 0) is 27.9 Å². The Morgan fingerprint density at radius 1 is 1.09 bits per heavy atom. The van der Waals surface area contributed by atoms with Gasteiger partial charge < -0.3 is 13.7 Å². The lowest BCUT2D eigenvalue weighted by Crippen LogP contribution is -2.23. The zero-order valence-electron chi connectivity index (χ0n) is 17.9. The summed E-state index contributed by atoms with van der Waals surface area (Å²) in [6.07, 6.45) is 1.46. The van der Waals surface area contributed by atoms with E-state index in [4.69, 9.17) is 13.7 Å². The van der Waals surface area contributed by atoms with Crippen molar-refractivity contribution in [3.8, 4) is 11.4 Å². The van der Waals surface area contributed by atoms with Crippen molar-refractivity contribution in [2.75, 3.05) is 0 Å². The number of ether oxygens (including phenoxy) is 1. The monoisotopic (exact) mass is 467 g/mol. The van der Waals surface area contributed by atoms with Gasteiger partial charge in [-0.2, -0.15) is 4.98 Å². The number of esters is 1. The van der Waals surface area contributed by atoms with Crippen LogP contribution in [0.4, 0.5) is 0 Å². The van der Waals surface area contributed by atoms with Crippen LogP contribution in [0.15, 0.2) is 74.7 Å². The predicted octanol–water partition coefficient (Wildman–Crippen LogP) is 3.78. The lowest BCUT2D eigenvalue weighted by atomic mass is 10.1. The molecule has 0 aliphatic rings. The topological polar surface area (TPSA) is 125 Å². The quantitative estimate of drug-likeness (QED) is 0.388.